The van der Waals surface area contributed by atoms with Crippen molar-refractivity contribution in [3.8, 4) is 0 Å². The van der Waals surface area contributed by atoms with Crippen LogP contribution >= 0.6 is 0 Å². The summed E-state index contributed by atoms with van der Waals surface area (Å²) in [6.07, 6.45) is -3.71. The Morgan fingerprint density at radius 1 is 1.50 bits per heavy atom. The highest BCUT2D eigenvalue weighted by Crippen LogP contribution is 2.30. The van der Waals surface area contributed by atoms with Crippen molar-refractivity contribution in [3.63, 3.8) is 0 Å². The van der Waals surface area contributed by atoms with E-state index >= 15 is 0 Å². The van der Waals surface area contributed by atoms with Crippen molar-refractivity contribution in [1.29, 1.82) is 0 Å². The summed E-state index contributed by atoms with van der Waals surface area (Å²) in [7, 11) is 0. The molecule has 1 fully saturated rings. The lowest BCUT2D eigenvalue weighted by Crippen LogP contribution is -2.26. The Balaban J connectivity index is 2.20. The van der Waals surface area contributed by atoms with Gasteiger partial charge in [0.2, 0.25) is 5.91 Å². The molecule has 1 aliphatic rings. The van der Waals surface area contributed by atoms with E-state index in [1.807, 2.05) is 0 Å². The van der Waals surface area contributed by atoms with Crippen LogP contribution in [0.2, 0.25) is 0 Å². The second-order valence-corrected chi connectivity index (χ2v) is 4.25. The first-order chi connectivity index (χ1) is 9.41. The summed E-state index contributed by atoms with van der Waals surface area (Å²) < 4.78 is 37.6. The average molecular weight is 286 g/mol. The molecule has 0 spiro atoms. The molecule has 1 atom stereocenters. The molecule has 0 radical (unpaired) electrons. The maximum Gasteiger partial charge on any atom is 0.433 e. The van der Waals surface area contributed by atoms with Crippen molar-refractivity contribution in [3.05, 3.63) is 28.5 Å². The fourth-order valence-corrected chi connectivity index (χ4v) is 1.93. The van der Waals surface area contributed by atoms with E-state index in [9.17, 15) is 18.0 Å². The smallest absolute Gasteiger partial charge is 0.296 e. The Morgan fingerprint density at radius 2 is 2.25 bits per heavy atom. The standard InChI is InChI=1S/C10H9F3N6O/c11-10(12,13)7-2-8(16-5-15-7)19-4-6(1-9(19)20)3-17-18-14/h2,5-6H,1,3-4H2. The quantitative estimate of drug-likeness (QED) is 0.484. The zero-order chi connectivity index (χ0) is 14.8. The van der Waals surface area contributed by atoms with Crippen LogP contribution in [0.1, 0.15) is 12.1 Å². The first-order valence-corrected chi connectivity index (χ1v) is 5.62. The summed E-state index contributed by atoms with van der Waals surface area (Å²) in [6.45, 7) is 0.294. The van der Waals surface area contributed by atoms with Gasteiger partial charge < -0.3 is 0 Å². The average Bonchev–Trinajstić information content (AvgIpc) is 2.77. The minimum absolute atomic E-state index is 0.0965. The van der Waals surface area contributed by atoms with Crippen LogP contribution in [-0.2, 0) is 11.0 Å². The summed E-state index contributed by atoms with van der Waals surface area (Å²) in [4.78, 5) is 22.3. The van der Waals surface area contributed by atoms with Gasteiger partial charge in [-0.25, -0.2) is 9.97 Å². The van der Waals surface area contributed by atoms with E-state index in [-0.39, 0.29) is 37.2 Å². The highest BCUT2D eigenvalue weighted by atomic mass is 19.4. The van der Waals surface area contributed by atoms with Crippen LogP contribution in [0.3, 0.4) is 0 Å². The number of azide groups is 1. The fraction of sp³-hybridized carbons (Fsp3) is 0.500. The molecule has 0 saturated carbocycles. The van der Waals surface area contributed by atoms with Crippen LogP contribution in [0, 0.1) is 5.92 Å². The van der Waals surface area contributed by atoms with Crippen molar-refractivity contribution in [2.24, 2.45) is 11.0 Å². The molecule has 2 heterocycles. The third kappa shape index (κ3) is 2.97. The number of anilines is 1. The van der Waals surface area contributed by atoms with E-state index in [1.165, 1.54) is 0 Å². The number of carbonyl (C=O) groups is 1. The topological polar surface area (TPSA) is 94.9 Å². The van der Waals surface area contributed by atoms with Crippen molar-refractivity contribution >= 4 is 11.7 Å². The number of hydrogen-bond donors (Lipinski definition) is 0. The first kappa shape index (κ1) is 14.1. The maximum absolute atomic E-state index is 12.5. The minimum Gasteiger partial charge on any atom is -0.296 e. The Bertz CT molecular complexity index is 568. The second kappa shape index (κ2) is 5.33. The van der Waals surface area contributed by atoms with E-state index < -0.39 is 11.9 Å². The van der Waals surface area contributed by atoms with Gasteiger partial charge in [-0.15, -0.1) is 0 Å². The zero-order valence-corrected chi connectivity index (χ0v) is 10.1. The van der Waals surface area contributed by atoms with Gasteiger partial charge in [-0.05, 0) is 11.4 Å². The summed E-state index contributed by atoms with van der Waals surface area (Å²) in [5, 5.41) is 3.36. The molecule has 0 aliphatic carbocycles. The predicted octanol–water partition coefficient (Wildman–Crippen LogP) is 2.16. The van der Waals surface area contributed by atoms with Gasteiger partial charge in [-0.2, -0.15) is 13.2 Å². The van der Waals surface area contributed by atoms with Crippen LogP contribution in [0.5, 0.6) is 0 Å². The zero-order valence-electron chi connectivity index (χ0n) is 10.1. The van der Waals surface area contributed by atoms with Gasteiger partial charge in [0.25, 0.3) is 0 Å². The van der Waals surface area contributed by atoms with Gasteiger partial charge in [0.05, 0.1) is 0 Å². The molecule has 2 rings (SSSR count). The minimum atomic E-state index is -4.59. The van der Waals surface area contributed by atoms with Crippen molar-refractivity contribution < 1.29 is 18.0 Å². The number of halogens is 3. The predicted molar refractivity (Wildman–Crippen MR) is 61.5 cm³/mol. The van der Waals surface area contributed by atoms with Crippen LogP contribution in [-0.4, -0.2) is 29.0 Å². The molecule has 1 unspecified atom stereocenters. The monoisotopic (exact) mass is 286 g/mol. The maximum atomic E-state index is 12.5. The first-order valence-electron chi connectivity index (χ1n) is 5.62. The number of aromatic nitrogens is 2. The number of amides is 1. The lowest BCUT2D eigenvalue weighted by Gasteiger charge is -2.16. The molecule has 1 aliphatic heterocycles. The van der Waals surface area contributed by atoms with Crippen LogP contribution in [0.25, 0.3) is 10.4 Å². The van der Waals surface area contributed by atoms with Gasteiger partial charge in [-0.3, -0.25) is 9.69 Å². The molecule has 1 aromatic heterocycles. The van der Waals surface area contributed by atoms with E-state index in [1.54, 1.807) is 0 Å². The Labute approximate surface area is 111 Å². The Kier molecular flexibility index (Phi) is 3.75. The van der Waals surface area contributed by atoms with Crippen molar-refractivity contribution in [2.75, 3.05) is 18.0 Å². The number of hydrogen-bond acceptors (Lipinski definition) is 4. The van der Waals surface area contributed by atoms with Crippen molar-refractivity contribution in [2.45, 2.75) is 12.6 Å². The lowest BCUT2D eigenvalue weighted by atomic mass is 10.1. The second-order valence-electron chi connectivity index (χ2n) is 4.25. The molecule has 7 nitrogen and oxygen atoms in total. The van der Waals surface area contributed by atoms with E-state index in [0.717, 1.165) is 17.3 Å². The SMILES string of the molecule is [N-]=[N+]=NCC1CC(=O)N(c2cc(C(F)(F)F)ncn2)C1. The van der Waals surface area contributed by atoms with Crippen LogP contribution < -0.4 is 4.90 Å². The molecule has 106 valence electrons. The highest BCUT2D eigenvalue weighted by Gasteiger charge is 2.35. The van der Waals surface area contributed by atoms with Crippen LogP contribution in [0.15, 0.2) is 17.5 Å². The van der Waals surface area contributed by atoms with E-state index in [0.29, 0.717) is 0 Å². The largest absolute Gasteiger partial charge is 0.433 e. The molecule has 1 amide bonds. The normalized spacial score (nSPS) is 19.1. The Hall–Kier alpha value is -2.35. The third-order valence-electron chi connectivity index (χ3n) is 2.83. The number of carbonyl (C=O) groups excluding carboxylic acids is 1. The molecule has 0 bridgehead atoms. The summed E-state index contributed by atoms with van der Waals surface area (Å²) >= 11 is 0. The number of nitrogens with zero attached hydrogens (tertiary/aromatic N) is 6. The summed E-state index contributed by atoms with van der Waals surface area (Å²) in [5.74, 6) is -0.668. The number of rotatable bonds is 3. The summed E-state index contributed by atoms with van der Waals surface area (Å²) in [5.41, 5.74) is 7.11. The number of alkyl halides is 3. The lowest BCUT2D eigenvalue weighted by molar-refractivity contribution is -0.141. The van der Waals surface area contributed by atoms with Gasteiger partial charge >= 0.3 is 6.18 Å². The molecule has 20 heavy (non-hydrogen) atoms. The molecule has 0 aromatic carbocycles. The fourth-order valence-electron chi connectivity index (χ4n) is 1.93. The van der Waals surface area contributed by atoms with E-state index in [4.69, 9.17) is 5.53 Å². The van der Waals surface area contributed by atoms with Gasteiger partial charge in [0.15, 0.2) is 0 Å². The third-order valence-corrected chi connectivity index (χ3v) is 2.83. The van der Waals surface area contributed by atoms with Gasteiger partial charge in [0, 0.05) is 30.5 Å². The Morgan fingerprint density at radius 3 is 2.90 bits per heavy atom. The highest BCUT2D eigenvalue weighted by molar-refractivity contribution is 5.94. The molecule has 1 aromatic rings. The molecular weight excluding hydrogens is 277 g/mol. The van der Waals surface area contributed by atoms with Crippen molar-refractivity contribution in [1.82, 2.24) is 9.97 Å². The molecular formula is C10H9F3N6O. The molecule has 1 saturated heterocycles. The summed E-state index contributed by atoms with van der Waals surface area (Å²) in [6, 6.07) is 0.730. The molecule has 10 heteroatoms. The van der Waals surface area contributed by atoms with Gasteiger partial charge in [0.1, 0.15) is 17.8 Å². The van der Waals surface area contributed by atoms with E-state index in [2.05, 4.69) is 20.0 Å². The van der Waals surface area contributed by atoms with Gasteiger partial charge in [-0.1, -0.05) is 5.11 Å². The molecule has 0 N–H and O–H groups in total. The van der Waals surface area contributed by atoms with Crippen LogP contribution in [0.4, 0.5) is 19.0 Å².